The molecule has 1 saturated heterocycles. The Hall–Kier alpha value is -2.73. The number of amides is 1. The van der Waals surface area contributed by atoms with Crippen LogP contribution in [0.3, 0.4) is 0 Å². The highest BCUT2D eigenvalue weighted by Gasteiger charge is 2.21. The summed E-state index contributed by atoms with van der Waals surface area (Å²) in [6, 6.07) is 12.1. The van der Waals surface area contributed by atoms with Crippen LogP contribution < -0.4 is 15.0 Å². The van der Waals surface area contributed by atoms with Crippen LogP contribution in [0.4, 0.5) is 11.4 Å². The zero-order valence-electron chi connectivity index (χ0n) is 15.9. The number of nitrogens with zero attached hydrogens (tertiary/aromatic N) is 1. The fourth-order valence-corrected chi connectivity index (χ4v) is 3.33. The molecule has 0 radical (unpaired) electrons. The molecule has 1 amide bonds. The lowest BCUT2D eigenvalue weighted by molar-refractivity contribution is -0.122. The molecule has 148 valence electrons. The number of carbonyl (C=O) groups excluding carboxylic acids is 2. The van der Waals surface area contributed by atoms with Gasteiger partial charge in [-0.05, 0) is 56.2 Å². The van der Waals surface area contributed by atoms with Gasteiger partial charge in [-0.1, -0.05) is 17.7 Å². The smallest absolute Gasteiger partial charge is 0.337 e. The fourth-order valence-electron chi connectivity index (χ4n) is 3.15. The Morgan fingerprint density at radius 1 is 1.14 bits per heavy atom. The maximum absolute atomic E-state index is 12.7. The van der Waals surface area contributed by atoms with Crippen LogP contribution in [0.15, 0.2) is 42.5 Å². The number of hydrogen-bond acceptors (Lipinski definition) is 5. The van der Waals surface area contributed by atoms with Gasteiger partial charge in [-0.25, -0.2) is 4.79 Å². The van der Waals surface area contributed by atoms with E-state index in [4.69, 9.17) is 21.1 Å². The van der Waals surface area contributed by atoms with Gasteiger partial charge in [0.25, 0.3) is 5.91 Å². The van der Waals surface area contributed by atoms with Crippen molar-refractivity contribution in [1.29, 1.82) is 0 Å². The normalized spacial score (nSPS) is 14.5. The molecule has 3 rings (SSSR count). The van der Waals surface area contributed by atoms with Crippen LogP contribution in [-0.4, -0.2) is 38.2 Å². The summed E-state index contributed by atoms with van der Waals surface area (Å²) in [5, 5.41) is 3.43. The quantitative estimate of drug-likeness (QED) is 0.736. The average molecular weight is 403 g/mol. The van der Waals surface area contributed by atoms with E-state index in [1.807, 2.05) is 6.07 Å². The van der Waals surface area contributed by atoms with E-state index in [2.05, 4.69) is 10.2 Å². The Bertz CT molecular complexity index is 865. The molecule has 0 spiro atoms. The number of carbonyl (C=O) groups is 2. The van der Waals surface area contributed by atoms with E-state index >= 15 is 0 Å². The summed E-state index contributed by atoms with van der Waals surface area (Å²) in [4.78, 5) is 26.8. The van der Waals surface area contributed by atoms with Gasteiger partial charge in [0.1, 0.15) is 5.75 Å². The van der Waals surface area contributed by atoms with Gasteiger partial charge in [0.15, 0.2) is 6.10 Å². The Kier molecular flexibility index (Phi) is 6.41. The Morgan fingerprint density at radius 3 is 2.57 bits per heavy atom. The third-order valence-electron chi connectivity index (χ3n) is 4.60. The number of benzene rings is 2. The second kappa shape index (κ2) is 8.97. The van der Waals surface area contributed by atoms with Gasteiger partial charge in [0.2, 0.25) is 0 Å². The van der Waals surface area contributed by atoms with Crippen molar-refractivity contribution in [3.63, 3.8) is 0 Å². The molecule has 6 nitrogen and oxygen atoms in total. The van der Waals surface area contributed by atoms with Crippen molar-refractivity contribution in [2.75, 3.05) is 30.4 Å². The standard InChI is InChI=1S/C21H23ClN2O4/c1-14(28-17-7-5-6-16(22)13-17)20(25)23-18-12-15(21(26)27-2)8-9-19(18)24-10-3-4-11-24/h5-9,12-14H,3-4,10-11H2,1-2H3,(H,23,25). The van der Waals surface area contributed by atoms with E-state index < -0.39 is 12.1 Å². The minimum absolute atomic E-state index is 0.317. The summed E-state index contributed by atoms with van der Waals surface area (Å²) in [6.45, 7) is 3.49. The predicted molar refractivity (Wildman–Crippen MR) is 109 cm³/mol. The molecule has 7 heteroatoms. The molecule has 1 aliphatic heterocycles. The molecule has 1 unspecified atom stereocenters. The zero-order chi connectivity index (χ0) is 20.1. The molecule has 28 heavy (non-hydrogen) atoms. The maximum atomic E-state index is 12.7. The van der Waals surface area contributed by atoms with Crippen LogP contribution in [0.25, 0.3) is 0 Å². The highest BCUT2D eigenvalue weighted by atomic mass is 35.5. The van der Waals surface area contributed by atoms with Crippen molar-refractivity contribution in [2.45, 2.75) is 25.9 Å². The lowest BCUT2D eigenvalue weighted by Gasteiger charge is -2.23. The number of anilines is 2. The third kappa shape index (κ3) is 4.75. The van der Waals surface area contributed by atoms with Crippen molar-refractivity contribution < 1.29 is 19.1 Å². The van der Waals surface area contributed by atoms with Gasteiger partial charge in [-0.3, -0.25) is 4.79 Å². The Balaban J connectivity index is 1.79. The van der Waals surface area contributed by atoms with Crippen molar-refractivity contribution >= 4 is 34.9 Å². The molecule has 0 saturated carbocycles. The Morgan fingerprint density at radius 2 is 1.89 bits per heavy atom. The van der Waals surface area contributed by atoms with Gasteiger partial charge in [0, 0.05) is 18.1 Å². The predicted octanol–water partition coefficient (Wildman–Crippen LogP) is 4.13. The molecule has 1 atom stereocenters. The topological polar surface area (TPSA) is 67.9 Å². The summed E-state index contributed by atoms with van der Waals surface area (Å²) in [5.74, 6) is -0.257. The first-order valence-electron chi connectivity index (χ1n) is 9.18. The minimum Gasteiger partial charge on any atom is -0.481 e. The lowest BCUT2D eigenvalue weighted by Crippen LogP contribution is -2.31. The van der Waals surface area contributed by atoms with Gasteiger partial charge in [-0.2, -0.15) is 0 Å². The summed E-state index contributed by atoms with van der Waals surface area (Å²) in [7, 11) is 1.33. The van der Waals surface area contributed by atoms with E-state index in [-0.39, 0.29) is 5.91 Å². The molecule has 0 aliphatic carbocycles. The van der Waals surface area contributed by atoms with Crippen molar-refractivity contribution in [1.82, 2.24) is 0 Å². The summed E-state index contributed by atoms with van der Waals surface area (Å²) in [5.41, 5.74) is 1.83. The highest BCUT2D eigenvalue weighted by Crippen LogP contribution is 2.30. The summed E-state index contributed by atoms with van der Waals surface area (Å²) in [6.07, 6.45) is 1.45. The van der Waals surface area contributed by atoms with Gasteiger partial charge < -0.3 is 19.7 Å². The monoisotopic (exact) mass is 402 g/mol. The molecule has 1 N–H and O–H groups in total. The summed E-state index contributed by atoms with van der Waals surface area (Å²) >= 11 is 5.96. The second-order valence-corrected chi connectivity index (χ2v) is 7.06. The number of halogens is 1. The molecule has 1 heterocycles. The zero-order valence-corrected chi connectivity index (χ0v) is 16.7. The van der Waals surface area contributed by atoms with Crippen LogP contribution in [0.1, 0.15) is 30.1 Å². The minimum atomic E-state index is -0.744. The number of esters is 1. The van der Waals surface area contributed by atoms with Crippen LogP contribution in [0.2, 0.25) is 5.02 Å². The number of methoxy groups -OCH3 is 1. The number of rotatable bonds is 6. The molecule has 0 bridgehead atoms. The van der Waals surface area contributed by atoms with Crippen molar-refractivity contribution in [3.05, 3.63) is 53.1 Å². The Labute approximate surface area is 169 Å². The van der Waals surface area contributed by atoms with Gasteiger partial charge >= 0.3 is 5.97 Å². The first-order chi connectivity index (χ1) is 13.5. The van der Waals surface area contributed by atoms with E-state index in [0.29, 0.717) is 22.0 Å². The molecule has 1 fully saturated rings. The van der Waals surface area contributed by atoms with Gasteiger partial charge in [-0.15, -0.1) is 0 Å². The first kappa shape index (κ1) is 20.0. The van der Waals surface area contributed by atoms with Crippen LogP contribution in [0, 0.1) is 0 Å². The first-order valence-corrected chi connectivity index (χ1v) is 9.56. The van der Waals surface area contributed by atoms with Crippen LogP contribution >= 0.6 is 11.6 Å². The molecular weight excluding hydrogens is 380 g/mol. The van der Waals surface area contributed by atoms with Crippen molar-refractivity contribution in [3.8, 4) is 5.75 Å². The molecule has 1 aliphatic rings. The van der Waals surface area contributed by atoms with Crippen LogP contribution in [0.5, 0.6) is 5.75 Å². The maximum Gasteiger partial charge on any atom is 0.337 e. The van der Waals surface area contributed by atoms with Gasteiger partial charge in [0.05, 0.1) is 24.0 Å². The SMILES string of the molecule is COC(=O)c1ccc(N2CCCC2)c(NC(=O)C(C)Oc2cccc(Cl)c2)c1. The van der Waals surface area contributed by atoms with Crippen molar-refractivity contribution in [2.24, 2.45) is 0 Å². The molecular formula is C21H23ClN2O4. The summed E-state index contributed by atoms with van der Waals surface area (Å²) < 4.78 is 10.5. The highest BCUT2D eigenvalue weighted by molar-refractivity contribution is 6.30. The molecule has 2 aromatic carbocycles. The third-order valence-corrected chi connectivity index (χ3v) is 4.84. The number of ether oxygens (including phenoxy) is 2. The van der Waals surface area contributed by atoms with E-state index in [0.717, 1.165) is 31.6 Å². The number of hydrogen-bond donors (Lipinski definition) is 1. The van der Waals surface area contributed by atoms with E-state index in [9.17, 15) is 9.59 Å². The van der Waals surface area contributed by atoms with E-state index in [1.165, 1.54) is 7.11 Å². The second-order valence-electron chi connectivity index (χ2n) is 6.62. The fraction of sp³-hybridized carbons (Fsp3) is 0.333. The molecule has 2 aromatic rings. The lowest BCUT2D eigenvalue weighted by atomic mass is 10.1. The number of nitrogens with one attached hydrogen (secondary N) is 1. The largest absolute Gasteiger partial charge is 0.481 e. The molecule has 0 aromatic heterocycles. The van der Waals surface area contributed by atoms with Crippen LogP contribution in [-0.2, 0) is 9.53 Å². The van der Waals surface area contributed by atoms with E-state index in [1.54, 1.807) is 43.3 Å². The average Bonchev–Trinajstić information content (AvgIpc) is 3.21.